The van der Waals surface area contributed by atoms with Gasteiger partial charge in [-0.3, -0.25) is 4.98 Å². The predicted molar refractivity (Wildman–Crippen MR) is 80.4 cm³/mol. The summed E-state index contributed by atoms with van der Waals surface area (Å²) in [5, 5.41) is 12.6. The Balaban J connectivity index is 2.29. The van der Waals surface area contributed by atoms with E-state index >= 15 is 0 Å². The van der Waals surface area contributed by atoms with Gasteiger partial charge in [-0.2, -0.15) is 0 Å². The van der Waals surface area contributed by atoms with Crippen LogP contribution in [0.4, 0.5) is 10.5 Å². The fraction of sp³-hybridized carbons (Fsp3) is 0.267. The molecule has 0 aliphatic heterocycles. The average Bonchev–Trinajstić information content (AvgIpc) is 2.46. The van der Waals surface area contributed by atoms with E-state index in [2.05, 4.69) is 10.3 Å². The summed E-state index contributed by atoms with van der Waals surface area (Å²) in [6.07, 6.45) is 0. The maximum absolute atomic E-state index is 12.1. The first kappa shape index (κ1) is 14.8. The number of hydrogen-bond donors (Lipinski definition) is 2. The zero-order chi connectivity index (χ0) is 15.6. The van der Waals surface area contributed by atoms with Crippen LogP contribution in [0, 0.1) is 6.92 Å². The number of carboxylic acids is 1. The van der Waals surface area contributed by atoms with Crippen molar-refractivity contribution in [1.29, 1.82) is 0 Å². The number of urea groups is 1. The molecule has 2 aromatic rings. The van der Waals surface area contributed by atoms with E-state index < -0.39 is 18.0 Å². The molecule has 6 nitrogen and oxygen atoms in total. The second-order valence-corrected chi connectivity index (χ2v) is 4.89. The van der Waals surface area contributed by atoms with Crippen molar-refractivity contribution in [3.63, 3.8) is 0 Å². The Morgan fingerprint density at radius 1 is 1.29 bits per heavy atom. The first-order chi connectivity index (χ1) is 9.90. The van der Waals surface area contributed by atoms with Crippen molar-refractivity contribution in [3.05, 3.63) is 36.0 Å². The van der Waals surface area contributed by atoms with Crippen molar-refractivity contribution < 1.29 is 14.7 Å². The minimum absolute atomic E-state index is 0.485. The van der Waals surface area contributed by atoms with Gasteiger partial charge in [0, 0.05) is 18.1 Å². The minimum atomic E-state index is -1.06. The Morgan fingerprint density at radius 2 is 2.00 bits per heavy atom. The van der Waals surface area contributed by atoms with Crippen molar-refractivity contribution in [3.8, 4) is 0 Å². The first-order valence-electron chi connectivity index (χ1n) is 6.53. The average molecular weight is 287 g/mol. The van der Waals surface area contributed by atoms with Gasteiger partial charge in [-0.05, 0) is 26.0 Å². The second kappa shape index (κ2) is 5.78. The minimum Gasteiger partial charge on any atom is -0.480 e. The van der Waals surface area contributed by atoms with Crippen LogP contribution in [-0.4, -0.2) is 40.1 Å². The van der Waals surface area contributed by atoms with Crippen molar-refractivity contribution in [1.82, 2.24) is 9.88 Å². The summed E-state index contributed by atoms with van der Waals surface area (Å²) in [5.41, 5.74) is 2.09. The van der Waals surface area contributed by atoms with E-state index in [4.69, 9.17) is 5.11 Å². The Labute approximate surface area is 122 Å². The lowest BCUT2D eigenvalue weighted by Crippen LogP contribution is -2.42. The molecule has 6 heteroatoms. The van der Waals surface area contributed by atoms with Gasteiger partial charge in [0.15, 0.2) is 0 Å². The number of aryl methyl sites for hydroxylation is 1. The van der Waals surface area contributed by atoms with Gasteiger partial charge in [0.1, 0.15) is 6.04 Å². The molecule has 2 N–H and O–H groups in total. The number of carboxylic acid groups (broad SMARTS) is 1. The van der Waals surface area contributed by atoms with Gasteiger partial charge in [0.05, 0.1) is 11.2 Å². The van der Waals surface area contributed by atoms with Crippen molar-refractivity contribution in [2.24, 2.45) is 0 Å². The third-order valence-corrected chi connectivity index (χ3v) is 3.36. The molecule has 1 aromatic carbocycles. The predicted octanol–water partition coefficient (Wildman–Crippen LogP) is 2.48. The molecule has 0 saturated carbocycles. The van der Waals surface area contributed by atoms with Crippen LogP contribution in [0.2, 0.25) is 0 Å². The number of nitrogens with zero attached hydrogens (tertiary/aromatic N) is 2. The fourth-order valence-corrected chi connectivity index (χ4v) is 1.89. The van der Waals surface area contributed by atoms with E-state index in [0.29, 0.717) is 11.2 Å². The lowest BCUT2D eigenvalue weighted by molar-refractivity contribution is -0.141. The van der Waals surface area contributed by atoms with Gasteiger partial charge in [0.25, 0.3) is 0 Å². The van der Waals surface area contributed by atoms with Gasteiger partial charge in [0.2, 0.25) is 0 Å². The lowest BCUT2D eigenvalue weighted by atomic mass is 10.2. The molecule has 0 radical (unpaired) electrons. The molecule has 1 aromatic heterocycles. The number of aliphatic carboxylic acids is 1. The molecule has 0 saturated heterocycles. The summed E-state index contributed by atoms with van der Waals surface area (Å²) in [7, 11) is 1.44. The molecular weight excluding hydrogens is 270 g/mol. The van der Waals surface area contributed by atoms with Crippen LogP contribution in [0.5, 0.6) is 0 Å². The molecule has 2 rings (SSSR count). The third-order valence-electron chi connectivity index (χ3n) is 3.36. The third kappa shape index (κ3) is 3.10. The van der Waals surface area contributed by atoms with E-state index in [0.717, 1.165) is 16.0 Å². The van der Waals surface area contributed by atoms with Crippen molar-refractivity contribution in [2.45, 2.75) is 19.9 Å². The van der Waals surface area contributed by atoms with Gasteiger partial charge in [-0.1, -0.05) is 18.2 Å². The van der Waals surface area contributed by atoms with Crippen LogP contribution in [0.3, 0.4) is 0 Å². The number of carbonyl (C=O) groups is 2. The number of benzene rings is 1. The lowest BCUT2D eigenvalue weighted by Gasteiger charge is -2.22. The molecular formula is C15H17N3O3. The van der Waals surface area contributed by atoms with Crippen LogP contribution in [0.25, 0.3) is 10.9 Å². The molecule has 21 heavy (non-hydrogen) atoms. The van der Waals surface area contributed by atoms with E-state index in [1.54, 1.807) is 6.07 Å². The number of hydrogen-bond acceptors (Lipinski definition) is 3. The summed E-state index contributed by atoms with van der Waals surface area (Å²) in [5.74, 6) is -1.06. The maximum Gasteiger partial charge on any atom is 0.326 e. The zero-order valence-corrected chi connectivity index (χ0v) is 12.1. The van der Waals surface area contributed by atoms with Crippen molar-refractivity contribution in [2.75, 3.05) is 12.4 Å². The normalized spacial score (nSPS) is 12.0. The van der Waals surface area contributed by atoms with Gasteiger partial charge in [-0.15, -0.1) is 0 Å². The molecule has 0 aliphatic carbocycles. The second-order valence-electron chi connectivity index (χ2n) is 4.89. The van der Waals surface area contributed by atoms with E-state index in [1.807, 2.05) is 31.2 Å². The summed E-state index contributed by atoms with van der Waals surface area (Å²) < 4.78 is 0. The number of nitrogens with one attached hydrogen (secondary N) is 1. The molecule has 2 amide bonds. The Kier molecular flexibility index (Phi) is 4.07. The Bertz CT molecular complexity index is 700. The highest BCUT2D eigenvalue weighted by Crippen LogP contribution is 2.22. The van der Waals surface area contributed by atoms with Crippen LogP contribution in [-0.2, 0) is 4.79 Å². The molecule has 1 heterocycles. The van der Waals surface area contributed by atoms with E-state index in [9.17, 15) is 9.59 Å². The van der Waals surface area contributed by atoms with Gasteiger partial charge in [-0.25, -0.2) is 9.59 Å². The van der Waals surface area contributed by atoms with Crippen molar-refractivity contribution >= 4 is 28.6 Å². The van der Waals surface area contributed by atoms with E-state index in [-0.39, 0.29) is 0 Å². The summed E-state index contributed by atoms with van der Waals surface area (Å²) in [6, 6.07) is 7.89. The Morgan fingerprint density at radius 3 is 2.67 bits per heavy atom. The first-order valence-corrected chi connectivity index (χ1v) is 6.53. The highest BCUT2D eigenvalue weighted by atomic mass is 16.4. The molecule has 110 valence electrons. The molecule has 0 aliphatic rings. The summed E-state index contributed by atoms with van der Waals surface area (Å²) in [4.78, 5) is 28.6. The topological polar surface area (TPSA) is 82.5 Å². The molecule has 1 atom stereocenters. The highest BCUT2D eigenvalue weighted by Gasteiger charge is 2.22. The molecule has 1 unspecified atom stereocenters. The van der Waals surface area contributed by atoms with E-state index in [1.165, 1.54) is 14.0 Å². The number of likely N-dealkylation sites (N-methyl/N-ethyl adjacent to an activating group) is 1. The van der Waals surface area contributed by atoms with Crippen LogP contribution < -0.4 is 5.32 Å². The number of fused-ring (bicyclic) bond motifs is 1. The smallest absolute Gasteiger partial charge is 0.326 e. The van der Waals surface area contributed by atoms with Crippen LogP contribution in [0.15, 0.2) is 30.3 Å². The highest BCUT2D eigenvalue weighted by molar-refractivity contribution is 6.00. The molecule has 0 spiro atoms. The monoisotopic (exact) mass is 287 g/mol. The number of carbonyl (C=O) groups excluding carboxylic acids is 1. The SMILES string of the molecule is Cc1ccc2cccc(NC(=O)N(C)C(C)C(=O)O)c2n1. The molecule has 0 fully saturated rings. The zero-order valence-electron chi connectivity index (χ0n) is 12.1. The summed E-state index contributed by atoms with van der Waals surface area (Å²) in [6.45, 7) is 3.32. The standard InChI is InChI=1S/C15H17N3O3/c1-9-7-8-11-5-4-6-12(13(11)16-9)17-15(21)18(3)10(2)14(19)20/h4-8,10H,1-3H3,(H,17,21)(H,19,20). The number of rotatable bonds is 3. The quantitative estimate of drug-likeness (QED) is 0.908. The fourth-order valence-electron chi connectivity index (χ4n) is 1.89. The van der Waals surface area contributed by atoms with Crippen LogP contribution in [0.1, 0.15) is 12.6 Å². The summed E-state index contributed by atoms with van der Waals surface area (Å²) >= 11 is 0. The number of anilines is 1. The van der Waals surface area contributed by atoms with Gasteiger partial charge >= 0.3 is 12.0 Å². The Hall–Kier alpha value is -2.63. The number of amides is 2. The molecule has 0 bridgehead atoms. The largest absolute Gasteiger partial charge is 0.480 e. The number of para-hydroxylation sites is 1. The van der Waals surface area contributed by atoms with Crippen LogP contribution >= 0.6 is 0 Å². The number of pyridine rings is 1. The maximum atomic E-state index is 12.1. The number of aromatic nitrogens is 1. The van der Waals surface area contributed by atoms with Gasteiger partial charge < -0.3 is 15.3 Å².